The normalized spacial score (nSPS) is 11.7. The molecule has 13 aromatic rings. The van der Waals surface area contributed by atoms with Crippen LogP contribution >= 0.6 is 11.3 Å². The summed E-state index contributed by atoms with van der Waals surface area (Å²) in [5.74, 6) is 0. The minimum atomic E-state index is 0.366. The molecule has 0 fully saturated rings. The van der Waals surface area contributed by atoms with Crippen LogP contribution in [0.4, 0.5) is 5.69 Å². The van der Waals surface area contributed by atoms with Crippen molar-refractivity contribution in [2.45, 2.75) is 0 Å². The predicted octanol–water partition coefficient (Wildman–Crippen LogP) is 15.3. The Labute approximate surface area is 369 Å². The van der Waals surface area contributed by atoms with Crippen LogP contribution in [0.3, 0.4) is 0 Å². The van der Waals surface area contributed by atoms with Crippen LogP contribution in [-0.2, 0) is 0 Å². The van der Waals surface area contributed by atoms with Crippen molar-refractivity contribution in [3.05, 3.63) is 205 Å². The van der Waals surface area contributed by atoms with E-state index in [0.29, 0.717) is 28.1 Å². The number of benzene rings is 9. The van der Waals surface area contributed by atoms with Crippen molar-refractivity contribution in [1.82, 2.24) is 13.7 Å². The van der Waals surface area contributed by atoms with Crippen LogP contribution in [0.5, 0.6) is 0 Å². The average Bonchev–Trinajstić information content (AvgIpc) is 4.09. The summed E-state index contributed by atoms with van der Waals surface area (Å²) in [6, 6.07) is 67.5. The SMILES string of the molecule is [C-]#[N+]c1ccc(-c2ccc(C#N)cc2-n2c3ccccc3c3cc4sc5ccccc5c4cc32)c(C#N)c1-n1c2ccccc2c2c1ccc1c3ccccc3n(-c3ccccc3)c12. The fourth-order valence-corrected chi connectivity index (χ4v) is 11.4. The molecule has 0 aliphatic heterocycles. The summed E-state index contributed by atoms with van der Waals surface area (Å²) in [6.07, 6.45) is 0. The molecule has 6 nitrogen and oxygen atoms in total. The summed E-state index contributed by atoms with van der Waals surface area (Å²) in [5.41, 5.74) is 11.0. The number of aromatic nitrogens is 3. The van der Waals surface area contributed by atoms with Gasteiger partial charge in [0.05, 0.1) is 68.2 Å². The third-order valence-electron chi connectivity index (χ3n) is 12.9. The number of hydrogen-bond acceptors (Lipinski definition) is 3. The molecule has 0 amide bonds. The van der Waals surface area contributed by atoms with Gasteiger partial charge in [0, 0.05) is 69.3 Å². The lowest BCUT2D eigenvalue weighted by atomic mass is 9.95. The minimum absolute atomic E-state index is 0.366. The molecule has 13 rings (SSSR count). The highest BCUT2D eigenvalue weighted by atomic mass is 32.1. The molecule has 9 aromatic carbocycles. The smallest absolute Gasteiger partial charge is 0.211 e. The average molecular weight is 831 g/mol. The lowest BCUT2D eigenvalue weighted by Crippen LogP contribution is -2.03. The fraction of sp³-hybridized carbons (Fsp3) is 0. The van der Waals surface area contributed by atoms with Gasteiger partial charge >= 0.3 is 0 Å². The van der Waals surface area contributed by atoms with E-state index in [1.54, 1.807) is 11.3 Å². The maximum absolute atomic E-state index is 11.5. The molecule has 0 bridgehead atoms. The number of para-hydroxylation sites is 4. The van der Waals surface area contributed by atoms with E-state index in [9.17, 15) is 10.5 Å². The summed E-state index contributed by atoms with van der Waals surface area (Å²) in [7, 11) is 0. The van der Waals surface area contributed by atoms with Gasteiger partial charge in [-0.3, -0.25) is 0 Å². The van der Waals surface area contributed by atoms with E-state index in [-0.39, 0.29) is 0 Å². The number of fused-ring (bicyclic) bond motifs is 13. The van der Waals surface area contributed by atoms with Crippen LogP contribution in [-0.4, -0.2) is 13.7 Å². The zero-order valence-corrected chi connectivity index (χ0v) is 34.7. The second-order valence-corrected chi connectivity index (χ2v) is 17.2. The Morgan fingerprint density at radius 1 is 0.453 bits per heavy atom. The Balaban J connectivity index is 1.14. The predicted molar refractivity (Wildman–Crippen MR) is 263 cm³/mol. The molecule has 0 N–H and O–H groups in total. The van der Waals surface area contributed by atoms with E-state index in [1.807, 2.05) is 48.5 Å². The van der Waals surface area contributed by atoms with Crippen LogP contribution in [0.25, 0.3) is 119 Å². The van der Waals surface area contributed by atoms with Crippen molar-refractivity contribution >= 4 is 103 Å². The molecule has 0 radical (unpaired) electrons. The third-order valence-corrected chi connectivity index (χ3v) is 14.1. The van der Waals surface area contributed by atoms with Gasteiger partial charge in [-0.05, 0) is 66.7 Å². The van der Waals surface area contributed by atoms with Gasteiger partial charge in [-0.25, -0.2) is 4.85 Å². The van der Waals surface area contributed by atoms with Gasteiger partial charge in [-0.2, -0.15) is 10.5 Å². The van der Waals surface area contributed by atoms with Crippen molar-refractivity contribution in [1.29, 1.82) is 10.5 Å². The summed E-state index contributed by atoms with van der Waals surface area (Å²) in [5, 5.41) is 30.8. The first-order chi connectivity index (χ1) is 31.6. The Hall–Kier alpha value is -8.93. The topological polar surface area (TPSA) is 66.7 Å². The molecule has 0 saturated carbocycles. The Bertz CT molecular complexity index is 4290. The minimum Gasteiger partial charge on any atom is -0.318 e. The van der Waals surface area contributed by atoms with E-state index in [1.165, 1.54) is 20.2 Å². The lowest BCUT2D eigenvalue weighted by Gasteiger charge is -2.19. The van der Waals surface area contributed by atoms with E-state index >= 15 is 0 Å². The summed E-state index contributed by atoms with van der Waals surface area (Å²) >= 11 is 1.79. The molecule has 0 spiro atoms. The molecule has 0 atom stereocenters. The fourth-order valence-electron chi connectivity index (χ4n) is 10.3. The summed E-state index contributed by atoms with van der Waals surface area (Å²) in [6.45, 7) is 8.56. The molecule has 294 valence electrons. The molecule has 4 heterocycles. The van der Waals surface area contributed by atoms with Gasteiger partial charge in [0.25, 0.3) is 0 Å². The zero-order valence-electron chi connectivity index (χ0n) is 33.9. The maximum Gasteiger partial charge on any atom is 0.211 e. The Morgan fingerprint density at radius 2 is 1.11 bits per heavy atom. The molecular formula is C57H30N6S. The van der Waals surface area contributed by atoms with Gasteiger partial charge < -0.3 is 13.7 Å². The van der Waals surface area contributed by atoms with Gasteiger partial charge in [0.15, 0.2) is 0 Å². The standard InChI is InChI=1S/C57H30N6S/c1-60-46-27-25-36(39-24-23-34(32-58)29-51(39)62-48-20-10-6-16-38(48)43-31-54-44(30-52(43)62)40-17-8-12-22-53(40)64-54)45(33-59)56(46)63-49-21-11-7-18-42(49)55-50(63)28-26-41-37-15-5-9-19-47(37)61(57(41)55)35-13-3-2-4-14-35/h2-31H. The molecule has 64 heavy (non-hydrogen) atoms. The van der Waals surface area contributed by atoms with Crippen molar-refractivity contribution in [3.63, 3.8) is 0 Å². The molecule has 7 heteroatoms. The van der Waals surface area contributed by atoms with E-state index < -0.39 is 0 Å². The van der Waals surface area contributed by atoms with Crippen LogP contribution in [0, 0.1) is 29.2 Å². The van der Waals surface area contributed by atoms with Crippen molar-refractivity contribution < 1.29 is 0 Å². The second kappa shape index (κ2) is 13.5. The number of nitrogens with zero attached hydrogens (tertiary/aromatic N) is 6. The number of nitriles is 2. The largest absolute Gasteiger partial charge is 0.318 e. The monoisotopic (exact) mass is 830 g/mol. The van der Waals surface area contributed by atoms with E-state index in [0.717, 1.165) is 82.4 Å². The van der Waals surface area contributed by atoms with Gasteiger partial charge in [-0.15, -0.1) is 11.3 Å². The zero-order chi connectivity index (χ0) is 42.6. The first kappa shape index (κ1) is 35.8. The van der Waals surface area contributed by atoms with Crippen LogP contribution in [0.2, 0.25) is 0 Å². The van der Waals surface area contributed by atoms with Crippen molar-refractivity contribution in [3.8, 4) is 40.3 Å². The number of rotatable bonds is 4. The van der Waals surface area contributed by atoms with Crippen molar-refractivity contribution in [2.24, 2.45) is 0 Å². The molecule has 0 aliphatic carbocycles. The van der Waals surface area contributed by atoms with Gasteiger partial charge in [0.1, 0.15) is 6.07 Å². The van der Waals surface area contributed by atoms with Crippen molar-refractivity contribution in [2.75, 3.05) is 0 Å². The summed E-state index contributed by atoms with van der Waals surface area (Å²) in [4.78, 5) is 4.10. The molecule has 0 aliphatic rings. The highest BCUT2D eigenvalue weighted by Gasteiger charge is 2.26. The second-order valence-electron chi connectivity index (χ2n) is 16.1. The number of thiophene rings is 1. The van der Waals surface area contributed by atoms with Crippen LogP contribution < -0.4 is 0 Å². The molecule has 0 unspecified atom stereocenters. The summed E-state index contributed by atoms with van der Waals surface area (Å²) < 4.78 is 9.14. The third kappa shape index (κ3) is 4.86. The lowest BCUT2D eigenvalue weighted by molar-refractivity contribution is 1.16. The highest BCUT2D eigenvalue weighted by Crippen LogP contribution is 2.47. The van der Waals surface area contributed by atoms with E-state index in [4.69, 9.17) is 6.57 Å². The first-order valence-corrected chi connectivity index (χ1v) is 21.8. The van der Waals surface area contributed by atoms with E-state index in [2.05, 4.69) is 164 Å². The quantitative estimate of drug-likeness (QED) is 0.166. The molecule has 0 saturated heterocycles. The van der Waals surface area contributed by atoms with Gasteiger partial charge in [0.2, 0.25) is 5.69 Å². The maximum atomic E-state index is 11.5. The Morgan fingerprint density at radius 3 is 1.86 bits per heavy atom. The van der Waals surface area contributed by atoms with Crippen LogP contribution in [0.15, 0.2) is 182 Å². The van der Waals surface area contributed by atoms with Gasteiger partial charge in [-0.1, -0.05) is 115 Å². The molecule has 4 aromatic heterocycles. The van der Waals surface area contributed by atoms with Crippen LogP contribution in [0.1, 0.15) is 11.1 Å². The molecular weight excluding hydrogens is 801 g/mol. The highest BCUT2D eigenvalue weighted by molar-refractivity contribution is 7.25. The number of hydrogen-bond donors (Lipinski definition) is 0. The Kier molecular flexibility index (Phi) is 7.57. The first-order valence-electron chi connectivity index (χ1n) is 21.0.